The number of hydrogen-bond donors (Lipinski definition) is 2. The van der Waals surface area contributed by atoms with E-state index in [0.717, 1.165) is 17.3 Å². The Bertz CT molecular complexity index is 364. The lowest BCUT2D eigenvalue weighted by Gasteiger charge is -2.11. The van der Waals surface area contributed by atoms with Crippen molar-refractivity contribution in [2.24, 2.45) is 0 Å². The van der Waals surface area contributed by atoms with Crippen LogP contribution in [0.4, 0.5) is 0 Å². The fraction of sp³-hybridized carbons (Fsp3) is 0.727. The number of carbonyl (C=O) groups is 1. The number of hydrogen-bond acceptors (Lipinski definition) is 4. The third-order valence-corrected chi connectivity index (χ3v) is 3.35. The zero-order chi connectivity index (χ0) is 12.8. The molecule has 2 N–H and O–H groups in total. The minimum Gasteiger partial charge on any atom is -0.346 e. The topological polar surface area (TPSA) is 70.7 Å². The molecule has 1 unspecified atom stereocenters. The molecule has 5 nitrogen and oxygen atoms in total. The van der Waals surface area contributed by atoms with Crippen LogP contribution < -0.4 is 5.32 Å². The van der Waals surface area contributed by atoms with Crippen LogP contribution >= 0.6 is 11.8 Å². The van der Waals surface area contributed by atoms with Gasteiger partial charge in [0.15, 0.2) is 0 Å². The third kappa shape index (κ3) is 4.38. The molecule has 1 atom stereocenters. The minimum atomic E-state index is -0.211. The fourth-order valence-electron chi connectivity index (χ4n) is 1.26. The van der Waals surface area contributed by atoms with Gasteiger partial charge in [0.05, 0.1) is 0 Å². The number of aromatic amines is 1. The van der Waals surface area contributed by atoms with Gasteiger partial charge in [-0.1, -0.05) is 20.8 Å². The van der Waals surface area contributed by atoms with E-state index in [9.17, 15) is 4.79 Å². The van der Waals surface area contributed by atoms with E-state index in [2.05, 4.69) is 27.4 Å². The van der Waals surface area contributed by atoms with Crippen LogP contribution in [0.1, 0.15) is 50.1 Å². The predicted octanol–water partition coefficient (Wildman–Crippen LogP) is 1.80. The Morgan fingerprint density at radius 2 is 2.18 bits per heavy atom. The third-order valence-electron chi connectivity index (χ3n) is 2.20. The molecular weight excluding hydrogens is 236 g/mol. The van der Waals surface area contributed by atoms with Crippen LogP contribution in [0.15, 0.2) is 0 Å². The second kappa shape index (κ2) is 6.64. The zero-order valence-electron chi connectivity index (χ0n) is 10.8. The molecule has 0 aliphatic carbocycles. The number of carbonyl (C=O) groups excluding carboxylic acids is 1. The van der Waals surface area contributed by atoms with E-state index >= 15 is 0 Å². The number of amides is 1. The van der Waals surface area contributed by atoms with E-state index in [1.165, 1.54) is 0 Å². The molecule has 0 aliphatic heterocycles. The first-order valence-corrected chi connectivity index (χ1v) is 7.01. The highest BCUT2D eigenvalue weighted by atomic mass is 32.2. The maximum Gasteiger partial charge on any atom is 0.291 e. The van der Waals surface area contributed by atoms with Gasteiger partial charge < -0.3 is 5.32 Å². The molecule has 0 saturated heterocycles. The van der Waals surface area contributed by atoms with Crippen LogP contribution in [0.2, 0.25) is 0 Å². The molecule has 0 spiro atoms. The largest absolute Gasteiger partial charge is 0.346 e. The molecule has 0 aromatic carbocycles. The van der Waals surface area contributed by atoms with Gasteiger partial charge in [0.25, 0.3) is 5.91 Å². The van der Waals surface area contributed by atoms with Crippen LogP contribution in [0.25, 0.3) is 0 Å². The summed E-state index contributed by atoms with van der Waals surface area (Å²) in [6.07, 6.45) is 0. The Morgan fingerprint density at radius 3 is 2.71 bits per heavy atom. The monoisotopic (exact) mass is 256 g/mol. The SMILES string of the molecule is CCSCC(C)NC(=O)c1n[nH]c(C(C)C)n1. The maximum atomic E-state index is 11.8. The molecule has 1 heterocycles. The predicted molar refractivity (Wildman–Crippen MR) is 70.4 cm³/mol. The van der Waals surface area contributed by atoms with Gasteiger partial charge in [0.2, 0.25) is 5.82 Å². The second-order valence-corrected chi connectivity index (χ2v) is 5.55. The molecule has 1 aromatic rings. The summed E-state index contributed by atoms with van der Waals surface area (Å²) in [4.78, 5) is 15.9. The summed E-state index contributed by atoms with van der Waals surface area (Å²) in [5, 5.41) is 9.57. The Balaban J connectivity index is 2.51. The summed E-state index contributed by atoms with van der Waals surface area (Å²) in [7, 11) is 0. The molecule has 0 aliphatic rings. The Morgan fingerprint density at radius 1 is 1.47 bits per heavy atom. The number of rotatable bonds is 6. The standard InChI is InChI=1S/C11H20N4OS/c1-5-17-6-8(4)12-11(16)10-13-9(7(2)3)14-15-10/h7-8H,5-6H2,1-4H3,(H,12,16)(H,13,14,15). The molecule has 0 bridgehead atoms. The Labute approximate surface area is 106 Å². The van der Waals surface area contributed by atoms with Crippen molar-refractivity contribution in [3.8, 4) is 0 Å². The lowest BCUT2D eigenvalue weighted by Crippen LogP contribution is -2.35. The molecule has 1 aromatic heterocycles. The summed E-state index contributed by atoms with van der Waals surface area (Å²) in [6, 6.07) is 0.133. The number of thioether (sulfide) groups is 1. The van der Waals surface area contributed by atoms with Crippen molar-refractivity contribution < 1.29 is 4.79 Å². The molecule has 17 heavy (non-hydrogen) atoms. The zero-order valence-corrected chi connectivity index (χ0v) is 11.6. The first-order chi connectivity index (χ1) is 8.04. The van der Waals surface area contributed by atoms with Crippen molar-refractivity contribution in [3.05, 3.63) is 11.6 Å². The van der Waals surface area contributed by atoms with Gasteiger partial charge >= 0.3 is 0 Å². The van der Waals surface area contributed by atoms with Crippen molar-refractivity contribution in [3.63, 3.8) is 0 Å². The molecular formula is C11H20N4OS. The number of aromatic nitrogens is 3. The summed E-state index contributed by atoms with van der Waals surface area (Å²) in [5.41, 5.74) is 0. The van der Waals surface area contributed by atoms with E-state index in [4.69, 9.17) is 0 Å². The van der Waals surface area contributed by atoms with Gasteiger partial charge in [0.1, 0.15) is 5.82 Å². The molecule has 0 radical (unpaired) electrons. The van der Waals surface area contributed by atoms with Crippen molar-refractivity contribution in [2.45, 2.75) is 39.7 Å². The van der Waals surface area contributed by atoms with Gasteiger partial charge in [-0.3, -0.25) is 9.89 Å². The first kappa shape index (κ1) is 14.0. The molecule has 1 amide bonds. The Hall–Kier alpha value is -1.04. The van der Waals surface area contributed by atoms with Crippen molar-refractivity contribution in [2.75, 3.05) is 11.5 Å². The van der Waals surface area contributed by atoms with Gasteiger partial charge in [-0.2, -0.15) is 11.8 Å². The van der Waals surface area contributed by atoms with Gasteiger partial charge in [-0.25, -0.2) is 4.98 Å². The van der Waals surface area contributed by atoms with Gasteiger partial charge in [0, 0.05) is 17.7 Å². The summed E-state index contributed by atoms with van der Waals surface area (Å²) >= 11 is 1.80. The smallest absolute Gasteiger partial charge is 0.291 e. The number of nitrogens with zero attached hydrogens (tertiary/aromatic N) is 2. The number of H-pyrrole nitrogens is 1. The highest BCUT2D eigenvalue weighted by molar-refractivity contribution is 7.99. The van der Waals surface area contributed by atoms with E-state index < -0.39 is 0 Å². The molecule has 6 heteroatoms. The highest BCUT2D eigenvalue weighted by Crippen LogP contribution is 2.08. The fourth-order valence-corrected chi connectivity index (χ4v) is 1.93. The van der Waals surface area contributed by atoms with E-state index in [1.54, 1.807) is 11.8 Å². The van der Waals surface area contributed by atoms with Crippen LogP contribution in [0.5, 0.6) is 0 Å². The Kier molecular flexibility index (Phi) is 5.47. The van der Waals surface area contributed by atoms with Crippen molar-refractivity contribution in [1.82, 2.24) is 20.5 Å². The minimum absolute atomic E-state index is 0.133. The summed E-state index contributed by atoms with van der Waals surface area (Å²) in [5.74, 6) is 2.96. The molecule has 0 fully saturated rings. The van der Waals surface area contributed by atoms with E-state index in [0.29, 0.717) is 0 Å². The van der Waals surface area contributed by atoms with Gasteiger partial charge in [-0.05, 0) is 12.7 Å². The van der Waals surface area contributed by atoms with Crippen LogP contribution in [-0.4, -0.2) is 38.6 Å². The van der Waals surface area contributed by atoms with E-state index in [1.807, 2.05) is 20.8 Å². The molecule has 0 saturated carbocycles. The lowest BCUT2D eigenvalue weighted by molar-refractivity contribution is 0.0933. The quantitative estimate of drug-likeness (QED) is 0.814. The van der Waals surface area contributed by atoms with Crippen molar-refractivity contribution >= 4 is 17.7 Å². The molecule has 96 valence electrons. The summed E-state index contributed by atoms with van der Waals surface area (Å²) < 4.78 is 0. The first-order valence-electron chi connectivity index (χ1n) is 5.85. The lowest BCUT2D eigenvalue weighted by atomic mass is 10.2. The van der Waals surface area contributed by atoms with E-state index in [-0.39, 0.29) is 23.7 Å². The number of nitrogens with one attached hydrogen (secondary N) is 2. The maximum absolute atomic E-state index is 11.8. The van der Waals surface area contributed by atoms with Crippen molar-refractivity contribution in [1.29, 1.82) is 0 Å². The van der Waals surface area contributed by atoms with Crippen LogP contribution in [-0.2, 0) is 0 Å². The summed E-state index contributed by atoms with van der Waals surface area (Å²) in [6.45, 7) is 8.09. The van der Waals surface area contributed by atoms with Gasteiger partial charge in [-0.15, -0.1) is 5.10 Å². The normalized spacial score (nSPS) is 12.8. The average Bonchev–Trinajstić information content (AvgIpc) is 2.75. The second-order valence-electron chi connectivity index (χ2n) is 4.23. The van der Waals surface area contributed by atoms with Crippen LogP contribution in [0, 0.1) is 0 Å². The highest BCUT2D eigenvalue weighted by Gasteiger charge is 2.15. The average molecular weight is 256 g/mol. The van der Waals surface area contributed by atoms with Crippen LogP contribution in [0.3, 0.4) is 0 Å². The molecule has 1 rings (SSSR count).